The van der Waals surface area contributed by atoms with E-state index in [1.54, 1.807) is 6.20 Å². The number of nitrogens with one attached hydrogen (secondary N) is 1. The van der Waals surface area contributed by atoms with Crippen molar-refractivity contribution in [3.8, 4) is 0 Å². The van der Waals surface area contributed by atoms with Crippen molar-refractivity contribution in [2.45, 2.75) is 44.7 Å². The van der Waals surface area contributed by atoms with Crippen LogP contribution in [0.15, 0.2) is 48.8 Å². The van der Waals surface area contributed by atoms with Crippen LogP contribution in [0.2, 0.25) is 0 Å². The summed E-state index contributed by atoms with van der Waals surface area (Å²) in [5.41, 5.74) is 3.33. The van der Waals surface area contributed by atoms with Crippen molar-refractivity contribution in [3.05, 3.63) is 65.5 Å². The van der Waals surface area contributed by atoms with Gasteiger partial charge in [-0.1, -0.05) is 37.3 Å². The Kier molecular flexibility index (Phi) is 5.97. The average Bonchev–Trinajstić information content (AvgIpc) is 3.15. The second-order valence-corrected chi connectivity index (χ2v) is 8.52. The predicted octanol–water partition coefficient (Wildman–Crippen LogP) is 2.30. The molecule has 1 N–H and O–H groups in total. The fraction of sp³-hybridized carbons (Fsp3) is 0.500. The Balaban J connectivity index is 1.52. The van der Waals surface area contributed by atoms with Gasteiger partial charge in [-0.3, -0.25) is 14.7 Å². The summed E-state index contributed by atoms with van der Waals surface area (Å²) < 4.78 is 0. The molecule has 1 aromatic heterocycles. The van der Waals surface area contributed by atoms with Crippen molar-refractivity contribution in [1.82, 2.24) is 20.1 Å². The summed E-state index contributed by atoms with van der Waals surface area (Å²) in [6.45, 7) is 9.35. The third-order valence-electron chi connectivity index (χ3n) is 6.57. The van der Waals surface area contributed by atoms with Crippen molar-refractivity contribution in [3.63, 3.8) is 0 Å². The lowest BCUT2D eigenvalue weighted by Gasteiger charge is -2.45. The SMILES string of the molecule is CCN1CCN(C2(C(=O)N[C@@H](C)Cc3cccnc3)Cc3ccccc3C2)CC1. The number of amides is 1. The van der Waals surface area contributed by atoms with Crippen LogP contribution in [0.5, 0.6) is 0 Å². The van der Waals surface area contributed by atoms with E-state index < -0.39 is 5.54 Å². The Morgan fingerprint density at radius 1 is 1.10 bits per heavy atom. The van der Waals surface area contributed by atoms with Gasteiger partial charge in [0.25, 0.3) is 0 Å². The maximum atomic E-state index is 13.7. The number of rotatable bonds is 6. The van der Waals surface area contributed by atoms with E-state index in [-0.39, 0.29) is 11.9 Å². The quantitative estimate of drug-likeness (QED) is 0.820. The summed E-state index contributed by atoms with van der Waals surface area (Å²) >= 11 is 0. The molecule has 0 spiro atoms. The number of fused-ring (bicyclic) bond motifs is 1. The molecule has 0 radical (unpaired) electrons. The number of nitrogens with zero attached hydrogens (tertiary/aromatic N) is 3. The lowest BCUT2D eigenvalue weighted by Crippen LogP contribution is -2.65. The van der Waals surface area contributed by atoms with Gasteiger partial charge in [0.15, 0.2) is 0 Å². The normalized spacial score (nSPS) is 20.2. The number of pyridine rings is 1. The van der Waals surface area contributed by atoms with E-state index in [9.17, 15) is 4.79 Å². The van der Waals surface area contributed by atoms with Crippen molar-refractivity contribution >= 4 is 5.91 Å². The number of piperazine rings is 1. The molecule has 154 valence electrons. The zero-order valence-corrected chi connectivity index (χ0v) is 17.6. The van der Waals surface area contributed by atoms with Gasteiger partial charge in [-0.2, -0.15) is 0 Å². The maximum Gasteiger partial charge on any atom is 0.241 e. The Bertz CT molecular complexity index is 805. The first-order chi connectivity index (χ1) is 14.1. The van der Waals surface area contributed by atoms with Crippen LogP contribution < -0.4 is 5.32 Å². The topological polar surface area (TPSA) is 48.5 Å². The van der Waals surface area contributed by atoms with Crippen LogP contribution in [0.4, 0.5) is 0 Å². The van der Waals surface area contributed by atoms with Crippen molar-refractivity contribution in [1.29, 1.82) is 0 Å². The molecule has 2 aliphatic rings. The minimum Gasteiger partial charge on any atom is -0.352 e. The summed E-state index contributed by atoms with van der Waals surface area (Å²) in [4.78, 5) is 22.8. The Hall–Kier alpha value is -2.24. The molecule has 1 atom stereocenters. The third-order valence-corrected chi connectivity index (χ3v) is 6.57. The summed E-state index contributed by atoms with van der Waals surface area (Å²) in [6, 6.07) is 12.6. The molecule has 1 amide bonds. The van der Waals surface area contributed by atoms with Gasteiger partial charge in [0, 0.05) is 57.5 Å². The lowest BCUT2D eigenvalue weighted by atomic mass is 9.90. The second-order valence-electron chi connectivity index (χ2n) is 8.52. The van der Waals surface area contributed by atoms with E-state index in [1.807, 2.05) is 12.3 Å². The average molecular weight is 393 g/mol. The van der Waals surface area contributed by atoms with Crippen molar-refractivity contribution in [2.24, 2.45) is 0 Å². The van der Waals surface area contributed by atoms with Gasteiger partial charge < -0.3 is 10.2 Å². The van der Waals surface area contributed by atoms with Gasteiger partial charge in [0.05, 0.1) is 0 Å². The Labute approximate surface area is 174 Å². The van der Waals surface area contributed by atoms with Crippen LogP contribution in [0.3, 0.4) is 0 Å². The molecule has 1 saturated heterocycles. The number of hydrogen-bond donors (Lipinski definition) is 1. The smallest absolute Gasteiger partial charge is 0.241 e. The van der Waals surface area contributed by atoms with Crippen LogP contribution in [0, 0.1) is 0 Å². The lowest BCUT2D eigenvalue weighted by molar-refractivity contribution is -0.135. The van der Waals surface area contributed by atoms with E-state index in [4.69, 9.17) is 0 Å². The molecule has 2 aromatic rings. The second kappa shape index (κ2) is 8.64. The van der Waals surface area contributed by atoms with Crippen molar-refractivity contribution in [2.75, 3.05) is 32.7 Å². The molecule has 1 fully saturated rings. The molecular formula is C24H32N4O. The largest absolute Gasteiger partial charge is 0.352 e. The highest BCUT2D eigenvalue weighted by atomic mass is 16.2. The number of likely N-dealkylation sites (N-methyl/N-ethyl adjacent to an activating group) is 1. The van der Waals surface area contributed by atoms with Crippen LogP contribution in [-0.2, 0) is 24.1 Å². The highest BCUT2D eigenvalue weighted by Crippen LogP contribution is 2.36. The van der Waals surface area contributed by atoms with Crippen LogP contribution in [0.1, 0.15) is 30.5 Å². The van der Waals surface area contributed by atoms with Gasteiger partial charge in [0.1, 0.15) is 5.54 Å². The third kappa shape index (κ3) is 4.21. The summed E-state index contributed by atoms with van der Waals surface area (Å²) in [5, 5.41) is 3.35. The van der Waals surface area contributed by atoms with Gasteiger partial charge in [-0.05, 0) is 42.6 Å². The van der Waals surface area contributed by atoms with Gasteiger partial charge >= 0.3 is 0 Å². The monoisotopic (exact) mass is 392 g/mol. The van der Waals surface area contributed by atoms with Gasteiger partial charge in [-0.25, -0.2) is 0 Å². The zero-order valence-electron chi connectivity index (χ0n) is 17.6. The molecule has 5 heteroatoms. The molecule has 5 nitrogen and oxygen atoms in total. The van der Waals surface area contributed by atoms with Gasteiger partial charge in [-0.15, -0.1) is 0 Å². The Morgan fingerprint density at radius 2 is 1.79 bits per heavy atom. The number of benzene rings is 1. The molecule has 1 aromatic carbocycles. The maximum absolute atomic E-state index is 13.7. The fourth-order valence-electron chi connectivity index (χ4n) is 4.90. The first-order valence-electron chi connectivity index (χ1n) is 10.8. The fourth-order valence-corrected chi connectivity index (χ4v) is 4.90. The van der Waals surface area contributed by atoms with Gasteiger partial charge in [0.2, 0.25) is 5.91 Å². The summed E-state index contributed by atoms with van der Waals surface area (Å²) in [5.74, 6) is 0.176. The molecule has 29 heavy (non-hydrogen) atoms. The van der Waals surface area contributed by atoms with E-state index in [2.05, 4.69) is 64.3 Å². The summed E-state index contributed by atoms with van der Waals surface area (Å²) in [7, 11) is 0. The number of carbonyl (C=O) groups is 1. The number of hydrogen-bond acceptors (Lipinski definition) is 4. The molecule has 1 aliphatic carbocycles. The van der Waals surface area contributed by atoms with Crippen LogP contribution in [0.25, 0.3) is 0 Å². The molecule has 0 bridgehead atoms. The molecular weight excluding hydrogens is 360 g/mol. The Morgan fingerprint density at radius 3 is 2.38 bits per heavy atom. The van der Waals surface area contributed by atoms with E-state index in [0.29, 0.717) is 0 Å². The number of carbonyl (C=O) groups excluding carboxylic acids is 1. The highest BCUT2D eigenvalue weighted by Gasteiger charge is 2.49. The molecule has 0 saturated carbocycles. The van der Waals surface area contributed by atoms with E-state index in [0.717, 1.165) is 57.5 Å². The predicted molar refractivity (Wildman–Crippen MR) is 116 cm³/mol. The van der Waals surface area contributed by atoms with Crippen LogP contribution >= 0.6 is 0 Å². The highest BCUT2D eigenvalue weighted by molar-refractivity contribution is 5.88. The van der Waals surface area contributed by atoms with Crippen molar-refractivity contribution < 1.29 is 4.79 Å². The standard InChI is InChI=1S/C24H32N4O/c1-3-27-11-13-28(14-12-27)24(16-21-8-4-5-9-22(21)17-24)23(29)26-19(2)15-20-7-6-10-25-18-20/h4-10,18-19H,3,11-17H2,1-2H3,(H,26,29)/t19-/m0/s1. The summed E-state index contributed by atoms with van der Waals surface area (Å²) in [6.07, 6.45) is 6.08. The minimum atomic E-state index is -0.466. The number of aromatic nitrogens is 1. The zero-order chi connectivity index (χ0) is 20.3. The first kappa shape index (κ1) is 20.0. The van der Waals surface area contributed by atoms with E-state index >= 15 is 0 Å². The van der Waals surface area contributed by atoms with Crippen LogP contribution in [-0.4, -0.2) is 65.0 Å². The minimum absolute atomic E-state index is 0.0734. The first-order valence-corrected chi connectivity index (χ1v) is 10.8. The van der Waals surface area contributed by atoms with E-state index in [1.165, 1.54) is 11.1 Å². The molecule has 2 heterocycles. The molecule has 1 aliphatic heterocycles. The molecule has 4 rings (SSSR count). The molecule has 0 unspecified atom stereocenters.